The lowest BCUT2D eigenvalue weighted by Crippen LogP contribution is -2.55. The summed E-state index contributed by atoms with van der Waals surface area (Å²) in [6.45, 7) is 2.15. The monoisotopic (exact) mass is 367 g/mol. The molecule has 0 saturated heterocycles. The number of carboxylic acids is 1. The van der Waals surface area contributed by atoms with Crippen LogP contribution in [0.25, 0.3) is 5.65 Å². The first-order valence-corrected chi connectivity index (χ1v) is 9.96. The fraction of sp³-hybridized carbons (Fsp3) is 0.571. The maximum Gasteiger partial charge on any atom is 0.356 e. The van der Waals surface area contributed by atoms with Crippen molar-refractivity contribution in [3.05, 3.63) is 35.8 Å². The molecule has 0 spiro atoms. The number of carboxylic acid groups (broad SMARTS) is 1. The summed E-state index contributed by atoms with van der Waals surface area (Å²) in [5.41, 5.74) is 1.09. The molecule has 0 aromatic carbocycles. The van der Waals surface area contributed by atoms with E-state index in [1.807, 2.05) is 0 Å². The third-order valence-corrected chi connectivity index (χ3v) is 7.30. The number of carbonyl (C=O) groups excluding carboxylic acids is 1. The normalized spacial score (nSPS) is 32.6. The highest BCUT2D eigenvalue weighted by molar-refractivity contribution is 5.94. The Labute approximate surface area is 158 Å². The van der Waals surface area contributed by atoms with Crippen molar-refractivity contribution < 1.29 is 14.7 Å². The van der Waals surface area contributed by atoms with E-state index in [0.29, 0.717) is 11.3 Å². The van der Waals surface area contributed by atoms with E-state index in [4.69, 9.17) is 0 Å². The molecule has 4 fully saturated rings. The molecular weight excluding hydrogens is 342 g/mol. The Morgan fingerprint density at radius 3 is 2.41 bits per heavy atom. The van der Waals surface area contributed by atoms with E-state index in [2.05, 4.69) is 17.2 Å². The van der Waals surface area contributed by atoms with Crippen molar-refractivity contribution in [2.45, 2.75) is 51.5 Å². The molecule has 1 atom stereocenters. The molecule has 1 unspecified atom stereocenters. The predicted molar refractivity (Wildman–Crippen MR) is 99.7 cm³/mol. The molecule has 6 heteroatoms. The van der Waals surface area contributed by atoms with Crippen LogP contribution in [0.4, 0.5) is 0 Å². The molecular formula is C21H25N3O3. The number of hydrogen-bond donors (Lipinski definition) is 2. The Kier molecular flexibility index (Phi) is 3.61. The van der Waals surface area contributed by atoms with E-state index in [9.17, 15) is 14.7 Å². The summed E-state index contributed by atoms with van der Waals surface area (Å²) in [4.78, 5) is 28.3. The number of imidazole rings is 1. The minimum atomic E-state index is -1.09. The lowest BCUT2D eigenvalue weighted by atomic mass is 9.48. The Bertz CT molecular complexity index is 897. The van der Waals surface area contributed by atoms with Gasteiger partial charge in [0.1, 0.15) is 11.3 Å². The number of nitrogens with zero attached hydrogens (tertiary/aromatic N) is 2. The van der Waals surface area contributed by atoms with Crippen LogP contribution >= 0.6 is 0 Å². The molecule has 2 N–H and O–H groups in total. The Morgan fingerprint density at radius 1 is 1.19 bits per heavy atom. The third kappa shape index (κ3) is 2.65. The topological polar surface area (TPSA) is 83.7 Å². The number of pyridine rings is 1. The second-order valence-electron chi connectivity index (χ2n) is 9.05. The molecule has 0 aliphatic heterocycles. The van der Waals surface area contributed by atoms with Gasteiger partial charge in [-0.05, 0) is 80.8 Å². The highest BCUT2D eigenvalue weighted by Gasteiger charge is 2.53. The van der Waals surface area contributed by atoms with Crippen LogP contribution in [0.3, 0.4) is 0 Å². The van der Waals surface area contributed by atoms with Crippen molar-refractivity contribution in [1.29, 1.82) is 0 Å². The first-order valence-electron chi connectivity index (χ1n) is 9.96. The van der Waals surface area contributed by atoms with Gasteiger partial charge < -0.3 is 10.4 Å². The number of aromatic nitrogens is 2. The van der Waals surface area contributed by atoms with E-state index in [1.165, 1.54) is 44.7 Å². The van der Waals surface area contributed by atoms with Crippen molar-refractivity contribution in [2.75, 3.05) is 0 Å². The summed E-state index contributed by atoms with van der Waals surface area (Å²) in [6, 6.07) is 5.31. The molecule has 4 saturated carbocycles. The van der Waals surface area contributed by atoms with Crippen LogP contribution in [0.15, 0.2) is 24.4 Å². The summed E-state index contributed by atoms with van der Waals surface area (Å²) in [7, 11) is 0. The van der Waals surface area contributed by atoms with E-state index in [0.717, 1.165) is 17.8 Å². The van der Waals surface area contributed by atoms with Gasteiger partial charge in [0.15, 0.2) is 5.69 Å². The fourth-order valence-electron chi connectivity index (χ4n) is 6.43. The molecule has 0 radical (unpaired) electrons. The smallest absolute Gasteiger partial charge is 0.356 e. The number of nitrogens with one attached hydrogen (secondary N) is 1. The van der Waals surface area contributed by atoms with Crippen LogP contribution < -0.4 is 5.32 Å². The van der Waals surface area contributed by atoms with Crippen LogP contribution in [-0.2, 0) is 0 Å². The quantitative estimate of drug-likeness (QED) is 0.868. The Balaban J connectivity index is 1.41. The van der Waals surface area contributed by atoms with Gasteiger partial charge in [-0.25, -0.2) is 9.78 Å². The summed E-state index contributed by atoms with van der Waals surface area (Å²) in [5, 5.41) is 12.4. The zero-order valence-corrected chi connectivity index (χ0v) is 15.5. The number of aromatic carboxylic acids is 1. The highest BCUT2D eigenvalue weighted by Crippen LogP contribution is 2.61. The average Bonchev–Trinajstić information content (AvgIpc) is 3.05. The van der Waals surface area contributed by atoms with Crippen LogP contribution in [0.5, 0.6) is 0 Å². The van der Waals surface area contributed by atoms with Crippen LogP contribution in [0.1, 0.15) is 66.4 Å². The molecule has 2 aromatic heterocycles. The standard InChI is InChI=1S/C21H25N3O3/c1-12(21-8-13-5-14(9-21)7-15(6-13)10-21)22-19(25)17-3-2-4-18-23-16(20(26)27)11-24(17)18/h2-4,11-15H,5-10H2,1H3,(H,22,25)(H,26,27). The van der Waals surface area contributed by atoms with Crippen molar-refractivity contribution in [2.24, 2.45) is 23.2 Å². The minimum absolute atomic E-state index is 0.0515. The predicted octanol–water partition coefficient (Wildman–Crippen LogP) is 3.37. The van der Waals surface area contributed by atoms with Gasteiger partial charge in [0.05, 0.1) is 0 Å². The van der Waals surface area contributed by atoms with Crippen molar-refractivity contribution >= 4 is 17.5 Å². The van der Waals surface area contributed by atoms with Crippen molar-refractivity contribution in [1.82, 2.24) is 14.7 Å². The molecule has 27 heavy (non-hydrogen) atoms. The van der Waals surface area contributed by atoms with E-state index >= 15 is 0 Å². The van der Waals surface area contributed by atoms with Crippen LogP contribution in [-0.4, -0.2) is 32.4 Å². The SMILES string of the molecule is CC(NC(=O)c1cccc2nc(C(=O)O)cn12)C12CC3CC(CC(C3)C1)C2. The lowest BCUT2D eigenvalue weighted by molar-refractivity contribution is -0.0688. The zero-order chi connectivity index (χ0) is 18.8. The number of hydrogen-bond acceptors (Lipinski definition) is 3. The second kappa shape index (κ2) is 5.81. The number of amides is 1. The molecule has 6 nitrogen and oxygen atoms in total. The zero-order valence-electron chi connectivity index (χ0n) is 15.5. The lowest BCUT2D eigenvalue weighted by Gasteiger charge is -2.59. The van der Waals surface area contributed by atoms with Crippen LogP contribution in [0, 0.1) is 23.2 Å². The molecule has 6 rings (SSSR count). The number of rotatable bonds is 4. The Morgan fingerprint density at radius 2 is 1.81 bits per heavy atom. The first-order chi connectivity index (χ1) is 12.9. The summed E-state index contributed by atoms with van der Waals surface area (Å²) < 4.78 is 1.57. The van der Waals surface area contributed by atoms with Crippen LogP contribution in [0.2, 0.25) is 0 Å². The molecule has 142 valence electrons. The maximum atomic E-state index is 13.0. The van der Waals surface area contributed by atoms with Gasteiger partial charge in [0, 0.05) is 12.2 Å². The molecule has 2 heterocycles. The molecule has 1 amide bonds. The molecule has 4 aliphatic carbocycles. The molecule has 2 aromatic rings. The van der Waals surface area contributed by atoms with Crippen molar-refractivity contribution in [3.8, 4) is 0 Å². The summed E-state index contributed by atoms with van der Waals surface area (Å²) >= 11 is 0. The maximum absolute atomic E-state index is 13.0. The second-order valence-corrected chi connectivity index (χ2v) is 9.05. The largest absolute Gasteiger partial charge is 0.476 e. The van der Waals surface area contributed by atoms with Gasteiger partial charge in [-0.15, -0.1) is 0 Å². The van der Waals surface area contributed by atoms with Gasteiger partial charge in [-0.1, -0.05) is 6.07 Å². The van der Waals surface area contributed by atoms with E-state index in [1.54, 1.807) is 22.6 Å². The fourth-order valence-corrected chi connectivity index (χ4v) is 6.43. The average molecular weight is 367 g/mol. The third-order valence-electron chi connectivity index (χ3n) is 7.30. The number of carbonyl (C=O) groups is 2. The van der Waals surface area contributed by atoms with Gasteiger partial charge in [0.25, 0.3) is 5.91 Å². The van der Waals surface area contributed by atoms with Gasteiger partial charge in [-0.2, -0.15) is 0 Å². The highest BCUT2D eigenvalue weighted by atomic mass is 16.4. The summed E-state index contributed by atoms with van der Waals surface area (Å²) in [6.07, 6.45) is 9.27. The minimum Gasteiger partial charge on any atom is -0.476 e. The Hall–Kier alpha value is -2.37. The number of fused-ring (bicyclic) bond motifs is 1. The van der Waals surface area contributed by atoms with E-state index in [-0.39, 0.29) is 23.1 Å². The first kappa shape index (κ1) is 16.8. The van der Waals surface area contributed by atoms with Gasteiger partial charge in [-0.3, -0.25) is 9.20 Å². The molecule has 4 bridgehead atoms. The summed E-state index contributed by atoms with van der Waals surface area (Å²) in [5.74, 6) is 1.27. The molecule has 4 aliphatic rings. The van der Waals surface area contributed by atoms with E-state index < -0.39 is 5.97 Å². The van der Waals surface area contributed by atoms with Gasteiger partial charge >= 0.3 is 5.97 Å². The van der Waals surface area contributed by atoms with Gasteiger partial charge in [0.2, 0.25) is 0 Å². The van der Waals surface area contributed by atoms with Crippen molar-refractivity contribution in [3.63, 3.8) is 0 Å².